The Hall–Kier alpha value is -1.34. The molecule has 0 saturated carbocycles. The van der Waals surface area contributed by atoms with Crippen LogP contribution >= 0.6 is 11.8 Å². The van der Waals surface area contributed by atoms with Gasteiger partial charge in [0.2, 0.25) is 0 Å². The van der Waals surface area contributed by atoms with E-state index in [1.165, 1.54) is 18.9 Å². The number of ether oxygens (including phenoxy) is 1. The van der Waals surface area contributed by atoms with Crippen molar-refractivity contribution in [3.8, 4) is 0 Å². The van der Waals surface area contributed by atoms with Gasteiger partial charge in [0.1, 0.15) is 11.1 Å². The number of nitrogens with zero attached hydrogens (tertiary/aromatic N) is 3. The smallest absolute Gasteiger partial charge is 0.318 e. The maximum absolute atomic E-state index is 11.6. The van der Waals surface area contributed by atoms with Crippen molar-refractivity contribution in [3.63, 3.8) is 0 Å². The highest BCUT2D eigenvalue weighted by atomic mass is 32.2. The maximum atomic E-state index is 11.6. The summed E-state index contributed by atoms with van der Waals surface area (Å²) in [6.07, 6.45) is 3.96. The first-order valence-electron chi connectivity index (χ1n) is 7.16. The lowest BCUT2D eigenvalue weighted by Crippen LogP contribution is -2.28. The summed E-state index contributed by atoms with van der Waals surface area (Å²) in [5.41, 5.74) is 0. The molecule has 0 aliphatic carbocycles. The lowest BCUT2D eigenvalue weighted by Gasteiger charge is -2.22. The number of thioether (sulfide) groups is 1. The molecule has 1 aliphatic rings. The first-order valence-corrected chi connectivity index (χ1v) is 8.04. The van der Waals surface area contributed by atoms with E-state index >= 15 is 0 Å². The predicted molar refractivity (Wildman–Crippen MR) is 82.4 cm³/mol. The average molecular weight is 310 g/mol. The van der Waals surface area contributed by atoms with Crippen molar-refractivity contribution in [1.82, 2.24) is 20.1 Å². The van der Waals surface area contributed by atoms with E-state index in [1.54, 1.807) is 0 Å². The largest absolute Gasteiger partial charge is 0.468 e. The molecule has 6 nitrogen and oxygen atoms in total. The van der Waals surface area contributed by atoms with Crippen LogP contribution in [0.5, 0.6) is 0 Å². The normalized spacial score (nSPS) is 17.4. The van der Waals surface area contributed by atoms with Crippen LogP contribution in [0.3, 0.4) is 0 Å². The van der Waals surface area contributed by atoms with E-state index in [0.29, 0.717) is 12.5 Å². The number of methoxy groups -OCH3 is 1. The summed E-state index contributed by atoms with van der Waals surface area (Å²) < 4.78 is 6.82. The van der Waals surface area contributed by atoms with E-state index in [0.717, 1.165) is 36.9 Å². The summed E-state index contributed by atoms with van der Waals surface area (Å²) in [6, 6.07) is 0. The predicted octanol–water partition coefficient (Wildman–Crippen LogP) is 1.58. The van der Waals surface area contributed by atoms with E-state index in [1.807, 2.05) is 13.0 Å². The highest BCUT2D eigenvalue weighted by Gasteiger charge is 2.25. The summed E-state index contributed by atoms with van der Waals surface area (Å²) in [5, 5.41) is 12.4. The lowest BCUT2D eigenvalue weighted by atomic mass is 9.97. The van der Waals surface area contributed by atoms with Crippen molar-refractivity contribution < 1.29 is 9.53 Å². The zero-order valence-corrected chi connectivity index (χ0v) is 13.4. The van der Waals surface area contributed by atoms with E-state index in [2.05, 4.69) is 26.7 Å². The lowest BCUT2D eigenvalue weighted by molar-refractivity contribution is -0.139. The second-order valence-corrected chi connectivity index (χ2v) is 6.36. The molecule has 0 radical (unpaired) electrons. The van der Waals surface area contributed by atoms with E-state index < -0.39 is 0 Å². The minimum absolute atomic E-state index is 0.253. The van der Waals surface area contributed by atoms with Gasteiger partial charge in [0.25, 0.3) is 0 Å². The molecule has 1 aromatic heterocycles. The molecule has 0 spiro atoms. The van der Waals surface area contributed by atoms with Gasteiger partial charge in [0.15, 0.2) is 5.16 Å². The van der Waals surface area contributed by atoms with Crippen LogP contribution in [0.4, 0.5) is 0 Å². The second-order valence-electron chi connectivity index (χ2n) is 5.05. The van der Waals surface area contributed by atoms with Crippen LogP contribution in [0.15, 0.2) is 17.8 Å². The van der Waals surface area contributed by atoms with Gasteiger partial charge in [0, 0.05) is 12.5 Å². The molecule has 1 fully saturated rings. The number of nitrogens with one attached hydrogen (secondary N) is 1. The minimum atomic E-state index is -0.302. The quantitative estimate of drug-likeness (QED) is 0.489. The second kappa shape index (κ2) is 7.61. The van der Waals surface area contributed by atoms with E-state index in [-0.39, 0.29) is 11.2 Å². The third kappa shape index (κ3) is 3.85. The molecule has 0 bridgehead atoms. The average Bonchev–Trinajstić information content (AvgIpc) is 2.90. The molecule has 2 heterocycles. The summed E-state index contributed by atoms with van der Waals surface area (Å²) in [5.74, 6) is 1.16. The number of piperidine rings is 1. The van der Waals surface area contributed by atoms with Gasteiger partial charge in [0.05, 0.1) is 7.11 Å². The number of hydrogen-bond acceptors (Lipinski definition) is 6. The Balaban J connectivity index is 2.19. The Morgan fingerprint density at radius 1 is 1.57 bits per heavy atom. The van der Waals surface area contributed by atoms with Gasteiger partial charge in [-0.1, -0.05) is 17.8 Å². The fraction of sp³-hybridized carbons (Fsp3) is 0.643. The number of allylic oxidation sites excluding steroid dienone is 1. The molecule has 2 rings (SSSR count). The summed E-state index contributed by atoms with van der Waals surface area (Å²) in [4.78, 5) is 11.6. The van der Waals surface area contributed by atoms with Crippen LogP contribution in [-0.2, 0) is 16.1 Å². The number of carbonyl (C=O) groups excluding carboxylic acids is 1. The van der Waals surface area contributed by atoms with Gasteiger partial charge in [-0.25, -0.2) is 0 Å². The third-order valence-corrected chi connectivity index (χ3v) is 4.64. The van der Waals surface area contributed by atoms with Crippen molar-refractivity contribution in [3.05, 3.63) is 18.5 Å². The van der Waals surface area contributed by atoms with Crippen LogP contribution in [0.25, 0.3) is 0 Å². The Bertz CT molecular complexity index is 497. The minimum Gasteiger partial charge on any atom is -0.468 e. The van der Waals surface area contributed by atoms with Crippen molar-refractivity contribution in [2.24, 2.45) is 0 Å². The summed E-state index contributed by atoms with van der Waals surface area (Å²) in [6.45, 7) is 8.29. The van der Waals surface area contributed by atoms with Crippen LogP contribution in [0.1, 0.15) is 31.5 Å². The molecule has 116 valence electrons. The Labute approximate surface area is 129 Å². The van der Waals surface area contributed by atoms with Crippen molar-refractivity contribution in [2.75, 3.05) is 20.2 Å². The summed E-state index contributed by atoms with van der Waals surface area (Å²) >= 11 is 1.38. The Morgan fingerprint density at radius 3 is 2.90 bits per heavy atom. The molecule has 1 N–H and O–H groups in total. The van der Waals surface area contributed by atoms with Gasteiger partial charge in [-0.15, -0.1) is 16.8 Å². The Morgan fingerprint density at radius 2 is 2.29 bits per heavy atom. The topological polar surface area (TPSA) is 69.0 Å². The first-order chi connectivity index (χ1) is 10.2. The number of hydrogen-bond donors (Lipinski definition) is 1. The molecular weight excluding hydrogens is 288 g/mol. The van der Waals surface area contributed by atoms with Gasteiger partial charge < -0.3 is 14.6 Å². The highest BCUT2D eigenvalue weighted by Crippen LogP contribution is 2.29. The zero-order chi connectivity index (χ0) is 15.2. The summed E-state index contributed by atoms with van der Waals surface area (Å²) in [7, 11) is 1.40. The van der Waals surface area contributed by atoms with Gasteiger partial charge >= 0.3 is 5.97 Å². The maximum Gasteiger partial charge on any atom is 0.318 e. The monoisotopic (exact) mass is 310 g/mol. The molecule has 1 aliphatic heterocycles. The van der Waals surface area contributed by atoms with Crippen LogP contribution in [0.2, 0.25) is 0 Å². The van der Waals surface area contributed by atoms with Gasteiger partial charge in [-0.3, -0.25) is 4.79 Å². The van der Waals surface area contributed by atoms with Gasteiger partial charge in [-0.05, 0) is 32.9 Å². The molecule has 0 unspecified atom stereocenters. The molecule has 0 amide bonds. The molecular formula is C14H22N4O2S. The van der Waals surface area contributed by atoms with Crippen LogP contribution < -0.4 is 5.32 Å². The fourth-order valence-corrected chi connectivity index (χ4v) is 3.33. The molecule has 1 atom stereocenters. The van der Waals surface area contributed by atoms with Crippen molar-refractivity contribution in [2.45, 2.75) is 42.6 Å². The van der Waals surface area contributed by atoms with E-state index in [9.17, 15) is 4.79 Å². The van der Waals surface area contributed by atoms with Crippen molar-refractivity contribution in [1.29, 1.82) is 0 Å². The standard InChI is InChI=1S/C14H22N4O2S/c1-4-9-18-12(11-5-7-15-8-6-11)16-17-14(18)21-10(2)13(19)20-3/h4,10-11,15H,1,5-9H2,2-3H3/t10-/m0/s1. The molecule has 1 saturated heterocycles. The Kier molecular flexibility index (Phi) is 5.81. The van der Waals surface area contributed by atoms with E-state index in [4.69, 9.17) is 4.74 Å². The first kappa shape index (κ1) is 16.0. The number of aromatic nitrogens is 3. The highest BCUT2D eigenvalue weighted by molar-refractivity contribution is 8.00. The fourth-order valence-electron chi connectivity index (χ4n) is 2.44. The SMILES string of the molecule is C=CCn1c(S[C@@H](C)C(=O)OC)nnc1C1CCNCC1. The molecule has 7 heteroatoms. The van der Waals surface area contributed by atoms with Crippen molar-refractivity contribution >= 4 is 17.7 Å². The zero-order valence-electron chi connectivity index (χ0n) is 12.5. The molecule has 0 aromatic carbocycles. The third-order valence-electron chi connectivity index (χ3n) is 3.58. The number of carbonyl (C=O) groups is 1. The number of rotatable bonds is 6. The molecule has 21 heavy (non-hydrogen) atoms. The van der Waals surface area contributed by atoms with Crippen LogP contribution in [-0.4, -0.2) is 46.2 Å². The molecule has 1 aromatic rings. The number of esters is 1. The van der Waals surface area contributed by atoms with Gasteiger partial charge in [-0.2, -0.15) is 0 Å². The van der Waals surface area contributed by atoms with Crippen LogP contribution in [0, 0.1) is 0 Å².